The number of rotatable bonds is 6. The minimum atomic E-state index is 0.192. The first-order valence-corrected chi connectivity index (χ1v) is 8.93. The van der Waals surface area contributed by atoms with E-state index in [9.17, 15) is 0 Å². The number of anilines is 1. The lowest BCUT2D eigenvalue weighted by molar-refractivity contribution is 0.314. The Bertz CT molecular complexity index is 751. The van der Waals surface area contributed by atoms with Crippen molar-refractivity contribution < 1.29 is 4.74 Å². The predicted octanol–water partition coefficient (Wildman–Crippen LogP) is 4.10. The molecule has 5 heteroatoms. The van der Waals surface area contributed by atoms with Crippen molar-refractivity contribution in [1.82, 2.24) is 10.6 Å². The molecule has 2 aromatic carbocycles. The van der Waals surface area contributed by atoms with E-state index in [4.69, 9.17) is 17.0 Å². The summed E-state index contributed by atoms with van der Waals surface area (Å²) in [6.45, 7) is 8.86. The van der Waals surface area contributed by atoms with Gasteiger partial charge in [0.1, 0.15) is 18.0 Å². The lowest BCUT2D eigenvalue weighted by Crippen LogP contribution is -2.21. The number of fused-ring (bicyclic) bond motifs is 1. The van der Waals surface area contributed by atoms with Gasteiger partial charge in [0.05, 0.1) is 5.69 Å². The number of thiocarbonyl (C=S) groups is 1. The Morgan fingerprint density at radius 1 is 1.12 bits per heavy atom. The Morgan fingerprint density at radius 3 is 2.60 bits per heavy atom. The van der Waals surface area contributed by atoms with Crippen molar-refractivity contribution in [3.63, 3.8) is 0 Å². The highest BCUT2D eigenvalue weighted by Crippen LogP contribution is 2.36. The number of hydrogen-bond acceptors (Lipinski definition) is 3. The molecule has 0 aliphatic carbocycles. The van der Waals surface area contributed by atoms with Crippen LogP contribution in [0.15, 0.2) is 42.5 Å². The molecule has 0 unspecified atom stereocenters. The SMILES string of the molecule is CC(C)(C)c1ccc(CNCCOc2cccc3c2[N]C(=S)N3)cc1. The summed E-state index contributed by atoms with van der Waals surface area (Å²) in [4.78, 5) is 0. The standard InChI is InChI=1S/C20H24N3OS/c1-20(2,3)15-9-7-14(8-10-15)13-21-11-12-24-17-6-4-5-16-18(17)23-19(25)22-16/h4-10,21H,11-13H2,1-3H3,(H,22,25). The largest absolute Gasteiger partial charge is 0.490 e. The molecule has 25 heavy (non-hydrogen) atoms. The van der Waals surface area contributed by atoms with E-state index in [1.54, 1.807) is 0 Å². The highest BCUT2D eigenvalue weighted by Gasteiger charge is 2.20. The van der Waals surface area contributed by atoms with Gasteiger partial charge in [-0.3, -0.25) is 0 Å². The third kappa shape index (κ3) is 4.50. The number of para-hydroxylation sites is 1. The average Bonchev–Trinajstić information content (AvgIpc) is 2.95. The molecule has 0 spiro atoms. The fourth-order valence-corrected chi connectivity index (χ4v) is 2.89. The molecule has 0 atom stereocenters. The Labute approximate surface area is 155 Å². The molecule has 0 fully saturated rings. The first kappa shape index (κ1) is 17.7. The van der Waals surface area contributed by atoms with Crippen LogP contribution in [0.5, 0.6) is 5.75 Å². The summed E-state index contributed by atoms with van der Waals surface area (Å²) in [5, 5.41) is 11.2. The van der Waals surface area contributed by atoms with Gasteiger partial charge in [0.2, 0.25) is 0 Å². The topological polar surface area (TPSA) is 47.4 Å². The molecule has 0 amide bonds. The zero-order chi connectivity index (χ0) is 17.9. The van der Waals surface area contributed by atoms with E-state index in [2.05, 4.69) is 61.0 Å². The van der Waals surface area contributed by atoms with Crippen LogP contribution in [0.2, 0.25) is 0 Å². The van der Waals surface area contributed by atoms with Crippen LogP contribution in [0.4, 0.5) is 11.4 Å². The molecule has 1 aliphatic rings. The van der Waals surface area contributed by atoms with Gasteiger partial charge in [0, 0.05) is 13.1 Å². The van der Waals surface area contributed by atoms with Crippen molar-refractivity contribution in [1.29, 1.82) is 0 Å². The average molecular weight is 354 g/mol. The Morgan fingerprint density at radius 2 is 1.88 bits per heavy atom. The maximum absolute atomic E-state index is 5.84. The number of hydrogen-bond donors (Lipinski definition) is 2. The van der Waals surface area contributed by atoms with Gasteiger partial charge in [0.25, 0.3) is 0 Å². The molecule has 0 saturated carbocycles. The monoisotopic (exact) mass is 354 g/mol. The second-order valence-corrected chi connectivity index (χ2v) is 7.55. The lowest BCUT2D eigenvalue weighted by Gasteiger charge is -2.19. The maximum atomic E-state index is 5.84. The second kappa shape index (κ2) is 7.42. The number of benzene rings is 2. The highest BCUT2D eigenvalue weighted by molar-refractivity contribution is 7.80. The predicted molar refractivity (Wildman–Crippen MR) is 107 cm³/mol. The van der Waals surface area contributed by atoms with Gasteiger partial charge in [-0.15, -0.1) is 0 Å². The molecule has 0 bridgehead atoms. The van der Waals surface area contributed by atoms with E-state index in [-0.39, 0.29) is 5.41 Å². The van der Waals surface area contributed by atoms with Crippen molar-refractivity contribution in [2.45, 2.75) is 32.7 Å². The quantitative estimate of drug-likeness (QED) is 0.606. The van der Waals surface area contributed by atoms with Crippen LogP contribution in [0, 0.1) is 0 Å². The van der Waals surface area contributed by atoms with Crippen molar-refractivity contribution in [2.75, 3.05) is 18.5 Å². The minimum absolute atomic E-state index is 0.192. The molecule has 131 valence electrons. The smallest absolute Gasteiger partial charge is 0.198 e. The number of nitrogens with one attached hydrogen (secondary N) is 2. The molecule has 1 aliphatic heterocycles. The normalized spacial score (nSPS) is 13.2. The summed E-state index contributed by atoms with van der Waals surface area (Å²) in [5.74, 6) is 0.765. The molecular weight excluding hydrogens is 330 g/mol. The maximum Gasteiger partial charge on any atom is 0.198 e. The van der Waals surface area contributed by atoms with E-state index in [0.717, 1.165) is 30.2 Å². The summed E-state index contributed by atoms with van der Waals surface area (Å²) in [5.41, 5.74) is 4.53. The van der Waals surface area contributed by atoms with E-state index in [1.165, 1.54) is 11.1 Å². The number of nitrogens with zero attached hydrogens (tertiary/aromatic N) is 1. The second-order valence-electron chi connectivity index (χ2n) is 7.17. The van der Waals surface area contributed by atoms with Crippen molar-refractivity contribution in [2.24, 2.45) is 0 Å². The molecule has 4 nitrogen and oxygen atoms in total. The van der Waals surface area contributed by atoms with Gasteiger partial charge >= 0.3 is 0 Å². The summed E-state index contributed by atoms with van der Waals surface area (Å²) >= 11 is 5.08. The van der Waals surface area contributed by atoms with Gasteiger partial charge < -0.3 is 15.4 Å². The van der Waals surface area contributed by atoms with E-state index < -0.39 is 0 Å². The molecule has 1 heterocycles. The van der Waals surface area contributed by atoms with E-state index >= 15 is 0 Å². The van der Waals surface area contributed by atoms with Crippen LogP contribution in [0.3, 0.4) is 0 Å². The third-order valence-corrected chi connectivity index (χ3v) is 4.33. The van der Waals surface area contributed by atoms with Gasteiger partial charge in [-0.25, -0.2) is 5.32 Å². The van der Waals surface area contributed by atoms with Crippen LogP contribution < -0.4 is 20.7 Å². The van der Waals surface area contributed by atoms with E-state index in [0.29, 0.717) is 11.7 Å². The van der Waals surface area contributed by atoms with Crippen LogP contribution in [-0.2, 0) is 12.0 Å². The Hall–Kier alpha value is -2.11. The molecular formula is C20H24N3OS. The zero-order valence-corrected chi connectivity index (χ0v) is 15.7. The summed E-state index contributed by atoms with van der Waals surface area (Å²) in [6, 6.07) is 14.6. The number of ether oxygens (including phenoxy) is 1. The van der Waals surface area contributed by atoms with Crippen molar-refractivity contribution in [3.8, 4) is 5.75 Å². The van der Waals surface area contributed by atoms with Crippen molar-refractivity contribution >= 4 is 28.7 Å². The first-order chi connectivity index (χ1) is 11.9. The van der Waals surface area contributed by atoms with E-state index in [1.807, 2.05) is 18.2 Å². The lowest BCUT2D eigenvalue weighted by atomic mass is 9.87. The fourth-order valence-electron chi connectivity index (χ4n) is 2.69. The summed E-state index contributed by atoms with van der Waals surface area (Å²) < 4.78 is 5.84. The van der Waals surface area contributed by atoms with Gasteiger partial charge in [-0.2, -0.15) is 0 Å². The third-order valence-electron chi connectivity index (χ3n) is 4.14. The van der Waals surface area contributed by atoms with Crippen LogP contribution in [0.25, 0.3) is 0 Å². The zero-order valence-electron chi connectivity index (χ0n) is 14.9. The Kier molecular flexibility index (Phi) is 5.25. The summed E-state index contributed by atoms with van der Waals surface area (Å²) in [6.07, 6.45) is 0. The molecule has 2 N–H and O–H groups in total. The fraction of sp³-hybridized carbons (Fsp3) is 0.350. The molecule has 3 rings (SSSR count). The molecule has 0 aromatic heterocycles. The summed E-state index contributed by atoms with van der Waals surface area (Å²) in [7, 11) is 0. The van der Waals surface area contributed by atoms with Gasteiger partial charge in [-0.1, -0.05) is 51.1 Å². The van der Waals surface area contributed by atoms with Crippen LogP contribution in [0.1, 0.15) is 31.9 Å². The van der Waals surface area contributed by atoms with Crippen LogP contribution in [-0.4, -0.2) is 18.3 Å². The minimum Gasteiger partial charge on any atom is -0.490 e. The Balaban J connectivity index is 1.44. The van der Waals surface area contributed by atoms with Crippen molar-refractivity contribution in [3.05, 3.63) is 53.6 Å². The molecule has 0 saturated heterocycles. The van der Waals surface area contributed by atoms with Gasteiger partial charge in [-0.05, 0) is 40.9 Å². The highest BCUT2D eigenvalue weighted by atomic mass is 32.1. The van der Waals surface area contributed by atoms with Crippen LogP contribution >= 0.6 is 12.2 Å². The van der Waals surface area contributed by atoms with Gasteiger partial charge in [0.15, 0.2) is 5.11 Å². The molecule has 1 radical (unpaired) electrons. The first-order valence-electron chi connectivity index (χ1n) is 8.52. The molecule has 2 aromatic rings.